The summed E-state index contributed by atoms with van der Waals surface area (Å²) < 4.78 is 11.2. The van der Waals surface area contributed by atoms with Gasteiger partial charge in [0, 0.05) is 6.42 Å². The summed E-state index contributed by atoms with van der Waals surface area (Å²) >= 11 is 0. The molecule has 0 aromatic carbocycles. The average Bonchev–Trinajstić information content (AvgIpc) is 2.11. The van der Waals surface area contributed by atoms with Gasteiger partial charge in [0.2, 0.25) is 0 Å². The lowest BCUT2D eigenvalue weighted by atomic mass is 10.4. The molecule has 0 amide bonds. The molecule has 13 heavy (non-hydrogen) atoms. The number of allylic oxidation sites excluding steroid dienone is 2. The summed E-state index contributed by atoms with van der Waals surface area (Å²) in [5.74, 6) is 3.43. The Morgan fingerprint density at radius 3 is 2.54 bits per heavy atom. The molecule has 3 heteroatoms. The van der Waals surface area contributed by atoms with E-state index in [0.29, 0.717) is 6.61 Å². The molecular weight excluding hydrogens is 180 g/mol. The van der Waals surface area contributed by atoms with Crippen molar-refractivity contribution in [2.75, 3.05) is 6.61 Å². The molecule has 0 aromatic rings. The second kappa shape index (κ2) is 5.84. The van der Waals surface area contributed by atoms with Crippen LogP contribution in [0.1, 0.15) is 20.3 Å². The van der Waals surface area contributed by atoms with Crippen LogP contribution in [0.2, 0.25) is 13.1 Å². The highest BCUT2D eigenvalue weighted by atomic mass is 28.4. The second-order valence-electron chi connectivity index (χ2n) is 3.10. The fraction of sp³-hybridized carbons (Fsp3) is 0.600. The summed E-state index contributed by atoms with van der Waals surface area (Å²) in [4.78, 5) is 0. The Bertz CT molecular complexity index is 213. The average molecular weight is 198 g/mol. The molecule has 2 nitrogen and oxygen atoms in total. The monoisotopic (exact) mass is 198 g/mol. The zero-order valence-electron chi connectivity index (χ0n) is 8.89. The zero-order chi connectivity index (χ0) is 10.3. The standard InChI is InChI=1S/C10H18O2Si/c1-6-9-11-13(4,5)12-10(7-2)8-3/h1,7H,8-9H2,2-5H3/b10-7-. The highest BCUT2D eigenvalue weighted by Crippen LogP contribution is 2.14. The van der Waals surface area contributed by atoms with Gasteiger partial charge in [0.1, 0.15) is 0 Å². The smallest absolute Gasteiger partial charge is 0.392 e. The topological polar surface area (TPSA) is 18.5 Å². The third kappa shape index (κ3) is 5.51. The molecule has 0 N–H and O–H groups in total. The maximum Gasteiger partial charge on any atom is 0.392 e. The first kappa shape index (κ1) is 12.3. The molecule has 0 saturated heterocycles. The Labute approximate surface area is 82.2 Å². The van der Waals surface area contributed by atoms with Crippen LogP contribution in [0.5, 0.6) is 0 Å². The van der Waals surface area contributed by atoms with Crippen LogP contribution in [0.3, 0.4) is 0 Å². The van der Waals surface area contributed by atoms with Crippen molar-refractivity contribution in [3.63, 3.8) is 0 Å². The van der Waals surface area contributed by atoms with Gasteiger partial charge < -0.3 is 8.85 Å². The Hall–Kier alpha value is -0.723. The van der Waals surface area contributed by atoms with E-state index in [4.69, 9.17) is 15.3 Å². The molecule has 0 aliphatic heterocycles. The molecule has 0 bridgehead atoms. The van der Waals surface area contributed by atoms with Crippen LogP contribution in [0.25, 0.3) is 0 Å². The molecule has 0 fully saturated rings. The van der Waals surface area contributed by atoms with E-state index in [9.17, 15) is 0 Å². The molecular formula is C10H18O2Si. The van der Waals surface area contributed by atoms with Gasteiger partial charge in [0.25, 0.3) is 0 Å². The molecule has 74 valence electrons. The largest absolute Gasteiger partial charge is 0.524 e. The lowest BCUT2D eigenvalue weighted by Crippen LogP contribution is -2.34. The number of rotatable bonds is 5. The molecule has 0 aromatic heterocycles. The van der Waals surface area contributed by atoms with E-state index in [0.717, 1.165) is 12.2 Å². The minimum atomic E-state index is -2.04. The van der Waals surface area contributed by atoms with Crippen molar-refractivity contribution in [3.8, 4) is 12.3 Å². The third-order valence-electron chi connectivity index (χ3n) is 1.55. The van der Waals surface area contributed by atoms with Gasteiger partial charge in [-0.1, -0.05) is 18.9 Å². The van der Waals surface area contributed by atoms with Crippen LogP contribution in [-0.4, -0.2) is 15.2 Å². The van der Waals surface area contributed by atoms with E-state index in [1.54, 1.807) is 0 Å². The van der Waals surface area contributed by atoms with Gasteiger partial charge in [-0.3, -0.25) is 0 Å². The van der Waals surface area contributed by atoms with Crippen molar-refractivity contribution < 1.29 is 8.85 Å². The Morgan fingerprint density at radius 2 is 2.15 bits per heavy atom. The normalized spacial score (nSPS) is 12.4. The SMILES string of the molecule is C#CCO[Si](C)(C)O/C(=C\C)CC. The molecule has 0 rings (SSSR count). The number of terminal acetylenes is 1. The van der Waals surface area contributed by atoms with Crippen molar-refractivity contribution in [2.24, 2.45) is 0 Å². The maximum absolute atomic E-state index is 5.72. The zero-order valence-corrected chi connectivity index (χ0v) is 9.89. The fourth-order valence-electron chi connectivity index (χ4n) is 0.896. The molecule has 0 aliphatic rings. The van der Waals surface area contributed by atoms with Crippen LogP contribution in [-0.2, 0) is 8.85 Å². The van der Waals surface area contributed by atoms with Crippen molar-refractivity contribution in [1.29, 1.82) is 0 Å². The predicted molar refractivity (Wildman–Crippen MR) is 57.4 cm³/mol. The van der Waals surface area contributed by atoms with Crippen LogP contribution in [0, 0.1) is 12.3 Å². The van der Waals surface area contributed by atoms with Crippen LogP contribution in [0.4, 0.5) is 0 Å². The quantitative estimate of drug-likeness (QED) is 0.384. The van der Waals surface area contributed by atoms with E-state index in [2.05, 4.69) is 12.8 Å². The van der Waals surface area contributed by atoms with E-state index in [-0.39, 0.29) is 0 Å². The highest BCUT2D eigenvalue weighted by Gasteiger charge is 2.26. The summed E-state index contributed by atoms with van der Waals surface area (Å²) in [5, 5.41) is 0. The highest BCUT2D eigenvalue weighted by molar-refractivity contribution is 6.64. The van der Waals surface area contributed by atoms with Gasteiger partial charge in [-0.25, -0.2) is 0 Å². The summed E-state index contributed by atoms with van der Waals surface area (Å²) in [7, 11) is -2.04. The lowest BCUT2D eigenvalue weighted by Gasteiger charge is -2.24. The summed E-state index contributed by atoms with van der Waals surface area (Å²) in [6.45, 7) is 8.33. The Balaban J connectivity index is 4.08. The van der Waals surface area contributed by atoms with Crippen molar-refractivity contribution in [3.05, 3.63) is 11.8 Å². The molecule has 0 saturated carbocycles. The second-order valence-corrected chi connectivity index (χ2v) is 6.40. The summed E-state index contributed by atoms with van der Waals surface area (Å²) in [6.07, 6.45) is 7.97. The van der Waals surface area contributed by atoms with Crippen molar-refractivity contribution in [1.82, 2.24) is 0 Å². The number of hydrogen-bond donors (Lipinski definition) is 0. The van der Waals surface area contributed by atoms with Crippen LogP contribution < -0.4 is 0 Å². The Morgan fingerprint density at radius 1 is 1.54 bits per heavy atom. The molecule has 0 spiro atoms. The summed E-state index contributed by atoms with van der Waals surface area (Å²) in [6, 6.07) is 0. The maximum atomic E-state index is 5.72. The molecule has 0 radical (unpaired) electrons. The first-order valence-corrected chi connectivity index (χ1v) is 7.29. The Kier molecular flexibility index (Phi) is 5.52. The molecule has 0 aliphatic carbocycles. The molecule has 0 atom stereocenters. The molecule has 0 heterocycles. The first-order valence-electron chi connectivity index (χ1n) is 4.47. The van der Waals surface area contributed by atoms with Gasteiger partial charge in [0.05, 0.1) is 12.4 Å². The number of hydrogen-bond acceptors (Lipinski definition) is 2. The predicted octanol–water partition coefficient (Wildman–Crippen LogP) is 2.67. The van der Waals surface area contributed by atoms with E-state index in [1.807, 2.05) is 26.1 Å². The minimum absolute atomic E-state index is 0.333. The van der Waals surface area contributed by atoms with Crippen molar-refractivity contribution in [2.45, 2.75) is 33.4 Å². The van der Waals surface area contributed by atoms with Gasteiger partial charge in [0.15, 0.2) is 0 Å². The minimum Gasteiger partial charge on any atom is -0.524 e. The van der Waals surface area contributed by atoms with E-state index < -0.39 is 8.56 Å². The lowest BCUT2D eigenvalue weighted by molar-refractivity contribution is 0.239. The van der Waals surface area contributed by atoms with Gasteiger partial charge in [-0.2, -0.15) is 0 Å². The van der Waals surface area contributed by atoms with Crippen LogP contribution >= 0.6 is 0 Å². The van der Waals surface area contributed by atoms with Crippen molar-refractivity contribution >= 4 is 8.56 Å². The fourth-order valence-corrected chi connectivity index (χ4v) is 2.28. The first-order chi connectivity index (χ1) is 6.05. The van der Waals surface area contributed by atoms with Gasteiger partial charge >= 0.3 is 8.56 Å². The van der Waals surface area contributed by atoms with Gasteiger partial charge in [-0.05, 0) is 20.0 Å². The summed E-state index contributed by atoms with van der Waals surface area (Å²) in [5.41, 5.74) is 0. The van der Waals surface area contributed by atoms with E-state index in [1.165, 1.54) is 0 Å². The van der Waals surface area contributed by atoms with Gasteiger partial charge in [-0.15, -0.1) is 6.42 Å². The van der Waals surface area contributed by atoms with E-state index >= 15 is 0 Å². The molecule has 0 unspecified atom stereocenters. The third-order valence-corrected chi connectivity index (χ3v) is 3.14. The van der Waals surface area contributed by atoms with Crippen LogP contribution in [0.15, 0.2) is 11.8 Å².